The van der Waals surface area contributed by atoms with Crippen LogP contribution in [0.25, 0.3) is 0 Å². The van der Waals surface area contributed by atoms with Gasteiger partial charge in [0.05, 0.1) is 13.7 Å². The fourth-order valence-electron chi connectivity index (χ4n) is 4.18. The van der Waals surface area contributed by atoms with Crippen molar-refractivity contribution in [3.63, 3.8) is 0 Å². The number of methoxy groups -OCH3 is 1. The second kappa shape index (κ2) is 6.44. The molecule has 0 unspecified atom stereocenters. The lowest BCUT2D eigenvalue weighted by molar-refractivity contribution is 0.166. The second-order valence-corrected chi connectivity index (χ2v) is 6.58. The molecule has 0 saturated carbocycles. The average molecular weight is 324 g/mol. The summed E-state index contributed by atoms with van der Waals surface area (Å²) in [6, 6.07) is 11.7. The minimum atomic E-state index is 0.505. The third-order valence-electron chi connectivity index (χ3n) is 5.25. The van der Waals surface area contributed by atoms with Crippen LogP contribution in [0.3, 0.4) is 0 Å². The predicted molar refractivity (Wildman–Crippen MR) is 93.4 cm³/mol. The van der Waals surface area contributed by atoms with Crippen LogP contribution < -0.4 is 9.47 Å². The van der Waals surface area contributed by atoms with E-state index in [-0.39, 0.29) is 0 Å². The van der Waals surface area contributed by atoms with E-state index in [0.29, 0.717) is 18.7 Å². The fraction of sp³-hybridized carbons (Fsp3) is 0.450. The molecule has 126 valence electrons. The van der Waals surface area contributed by atoms with Crippen LogP contribution in [0.15, 0.2) is 36.5 Å². The Balaban J connectivity index is 1.59. The summed E-state index contributed by atoms with van der Waals surface area (Å²) in [4.78, 5) is 7.24. The van der Waals surface area contributed by atoms with Gasteiger partial charge in [0.25, 0.3) is 0 Å². The van der Waals surface area contributed by atoms with E-state index in [1.807, 2.05) is 19.2 Å². The van der Waals surface area contributed by atoms with E-state index in [0.717, 1.165) is 24.5 Å². The molecular formula is C20H24N2O2. The predicted octanol–water partition coefficient (Wildman–Crippen LogP) is 3.75. The minimum absolute atomic E-state index is 0.505. The van der Waals surface area contributed by atoms with Crippen LogP contribution in [0, 0.1) is 0 Å². The molecule has 1 aromatic heterocycles. The van der Waals surface area contributed by atoms with Gasteiger partial charge in [-0.2, -0.15) is 0 Å². The SMILES string of the molecule is CCOc1cc(CN2[C@H]3CC[C@H]2c2cccnc2C3)ccc1OC. The lowest BCUT2D eigenvalue weighted by atomic mass is 9.97. The molecule has 2 aliphatic rings. The first-order valence-electron chi connectivity index (χ1n) is 8.79. The van der Waals surface area contributed by atoms with Crippen LogP contribution in [0.5, 0.6) is 11.5 Å². The van der Waals surface area contributed by atoms with Crippen molar-refractivity contribution in [2.75, 3.05) is 13.7 Å². The van der Waals surface area contributed by atoms with E-state index in [1.54, 1.807) is 7.11 Å². The van der Waals surface area contributed by atoms with Gasteiger partial charge in [-0.1, -0.05) is 12.1 Å². The largest absolute Gasteiger partial charge is 0.493 e. The molecule has 0 spiro atoms. The van der Waals surface area contributed by atoms with E-state index in [9.17, 15) is 0 Å². The van der Waals surface area contributed by atoms with Gasteiger partial charge in [0.15, 0.2) is 11.5 Å². The average Bonchev–Trinajstić information content (AvgIpc) is 2.88. The van der Waals surface area contributed by atoms with E-state index < -0.39 is 0 Å². The van der Waals surface area contributed by atoms with Crippen LogP contribution >= 0.6 is 0 Å². The van der Waals surface area contributed by atoms with Crippen LogP contribution in [-0.2, 0) is 13.0 Å². The van der Waals surface area contributed by atoms with Crippen LogP contribution in [-0.4, -0.2) is 29.6 Å². The van der Waals surface area contributed by atoms with Crippen LogP contribution in [0.4, 0.5) is 0 Å². The molecule has 4 nitrogen and oxygen atoms in total. The Morgan fingerprint density at radius 3 is 2.96 bits per heavy atom. The van der Waals surface area contributed by atoms with Crippen LogP contribution in [0.2, 0.25) is 0 Å². The van der Waals surface area contributed by atoms with Gasteiger partial charge in [-0.25, -0.2) is 0 Å². The van der Waals surface area contributed by atoms with Crippen molar-refractivity contribution < 1.29 is 9.47 Å². The molecule has 0 amide bonds. The first kappa shape index (κ1) is 15.5. The normalized spacial score (nSPS) is 22.2. The van der Waals surface area contributed by atoms with Crippen molar-refractivity contribution >= 4 is 0 Å². The quantitative estimate of drug-likeness (QED) is 0.839. The van der Waals surface area contributed by atoms with Crippen molar-refractivity contribution in [1.29, 1.82) is 0 Å². The Hall–Kier alpha value is -2.07. The third-order valence-corrected chi connectivity index (χ3v) is 5.25. The number of hydrogen-bond donors (Lipinski definition) is 0. The molecule has 0 radical (unpaired) electrons. The number of nitrogens with zero attached hydrogens (tertiary/aromatic N) is 2. The summed E-state index contributed by atoms with van der Waals surface area (Å²) in [5.74, 6) is 1.64. The second-order valence-electron chi connectivity index (χ2n) is 6.58. The minimum Gasteiger partial charge on any atom is -0.493 e. The smallest absolute Gasteiger partial charge is 0.161 e. The van der Waals surface area contributed by atoms with Crippen molar-refractivity contribution in [1.82, 2.24) is 9.88 Å². The maximum Gasteiger partial charge on any atom is 0.161 e. The van der Waals surface area contributed by atoms with E-state index in [4.69, 9.17) is 9.47 Å². The molecule has 4 rings (SSSR count). The highest BCUT2D eigenvalue weighted by Crippen LogP contribution is 2.44. The number of hydrogen-bond acceptors (Lipinski definition) is 4. The highest BCUT2D eigenvalue weighted by molar-refractivity contribution is 5.43. The zero-order chi connectivity index (χ0) is 16.5. The van der Waals surface area contributed by atoms with E-state index in [1.165, 1.54) is 29.7 Å². The summed E-state index contributed by atoms with van der Waals surface area (Å²) in [5, 5.41) is 0. The number of ether oxygens (including phenoxy) is 2. The van der Waals surface area contributed by atoms with Crippen molar-refractivity contribution in [3.8, 4) is 11.5 Å². The molecule has 2 aromatic rings. The summed E-state index contributed by atoms with van der Waals surface area (Å²) in [7, 11) is 1.69. The topological polar surface area (TPSA) is 34.6 Å². The summed E-state index contributed by atoms with van der Waals surface area (Å²) in [5.41, 5.74) is 4.00. The summed E-state index contributed by atoms with van der Waals surface area (Å²) in [6.45, 7) is 3.60. The lowest BCUT2D eigenvalue weighted by Gasteiger charge is -2.35. The van der Waals surface area contributed by atoms with Gasteiger partial charge in [-0.15, -0.1) is 0 Å². The summed E-state index contributed by atoms with van der Waals surface area (Å²) in [6.07, 6.45) is 5.49. The Bertz CT molecular complexity index is 731. The number of pyridine rings is 1. The lowest BCUT2D eigenvalue weighted by Crippen LogP contribution is -2.37. The van der Waals surface area contributed by atoms with Gasteiger partial charge in [-0.05, 0) is 49.1 Å². The van der Waals surface area contributed by atoms with E-state index >= 15 is 0 Å². The fourth-order valence-corrected chi connectivity index (χ4v) is 4.18. The molecular weight excluding hydrogens is 300 g/mol. The van der Waals surface area contributed by atoms with E-state index in [2.05, 4.69) is 34.1 Å². The standard InChI is InChI=1S/C20H24N2O2/c1-3-24-20-11-14(6-9-19(20)23-2)13-22-15-7-8-18(22)16-5-4-10-21-17(16)12-15/h4-6,9-11,15,18H,3,7-8,12-13H2,1-2H3/t15-,18-/m0/s1. The zero-order valence-electron chi connectivity index (χ0n) is 14.4. The number of fused-ring (bicyclic) bond motifs is 4. The number of rotatable bonds is 5. The molecule has 0 N–H and O–H groups in total. The van der Waals surface area contributed by atoms with Gasteiger partial charge in [0.2, 0.25) is 0 Å². The zero-order valence-corrected chi connectivity index (χ0v) is 14.4. The van der Waals surface area contributed by atoms with Gasteiger partial charge >= 0.3 is 0 Å². The maximum absolute atomic E-state index is 5.73. The summed E-state index contributed by atoms with van der Waals surface area (Å²) >= 11 is 0. The molecule has 2 bridgehead atoms. The van der Waals surface area contributed by atoms with Crippen molar-refractivity contribution in [3.05, 3.63) is 53.3 Å². The summed E-state index contributed by atoms with van der Waals surface area (Å²) < 4.78 is 11.1. The number of benzene rings is 1. The maximum atomic E-state index is 5.73. The Labute approximate surface area is 143 Å². The first-order chi connectivity index (χ1) is 11.8. The monoisotopic (exact) mass is 324 g/mol. The molecule has 24 heavy (non-hydrogen) atoms. The Kier molecular flexibility index (Phi) is 4.15. The highest BCUT2D eigenvalue weighted by Gasteiger charge is 2.40. The van der Waals surface area contributed by atoms with Gasteiger partial charge in [0, 0.05) is 36.9 Å². The van der Waals surface area contributed by atoms with Crippen molar-refractivity contribution in [2.45, 2.75) is 44.8 Å². The molecule has 3 heterocycles. The molecule has 4 heteroatoms. The molecule has 1 saturated heterocycles. The van der Waals surface area contributed by atoms with Gasteiger partial charge in [0.1, 0.15) is 0 Å². The van der Waals surface area contributed by atoms with Gasteiger partial charge in [-0.3, -0.25) is 9.88 Å². The molecule has 2 aliphatic heterocycles. The molecule has 1 fully saturated rings. The molecule has 0 aliphatic carbocycles. The van der Waals surface area contributed by atoms with Gasteiger partial charge < -0.3 is 9.47 Å². The van der Waals surface area contributed by atoms with Crippen LogP contribution in [0.1, 0.15) is 42.6 Å². The van der Waals surface area contributed by atoms with Crippen molar-refractivity contribution in [2.24, 2.45) is 0 Å². The number of aromatic nitrogens is 1. The Morgan fingerprint density at radius 1 is 1.21 bits per heavy atom. The third kappa shape index (κ3) is 2.65. The highest BCUT2D eigenvalue weighted by atomic mass is 16.5. The molecule has 2 atom stereocenters. The molecule has 1 aromatic carbocycles. The first-order valence-corrected chi connectivity index (χ1v) is 8.79. The Morgan fingerprint density at radius 2 is 2.12 bits per heavy atom.